The maximum absolute atomic E-state index is 11.9. The Labute approximate surface area is 155 Å². The van der Waals surface area contributed by atoms with Gasteiger partial charge in [0, 0.05) is 24.5 Å². The average Bonchev–Trinajstić information content (AvgIpc) is 2.68. The van der Waals surface area contributed by atoms with Crippen LogP contribution in [-0.4, -0.2) is 22.1 Å². The predicted octanol–water partition coefficient (Wildman–Crippen LogP) is 3.89. The van der Waals surface area contributed by atoms with Gasteiger partial charge in [-0.3, -0.25) is 0 Å². The zero-order valence-electron chi connectivity index (χ0n) is 14.3. The van der Waals surface area contributed by atoms with E-state index in [4.69, 9.17) is 9.84 Å². The molecule has 0 bridgehead atoms. The fourth-order valence-electron chi connectivity index (χ4n) is 2.28. The van der Waals surface area contributed by atoms with Gasteiger partial charge < -0.3 is 20.5 Å². The number of hydrogen-bond acceptors (Lipinski definition) is 4. The maximum Gasteiger partial charge on any atom is 0.354 e. The first-order valence-electron chi connectivity index (χ1n) is 8.16. The van der Waals surface area contributed by atoms with E-state index in [1.807, 2.05) is 30.3 Å². The molecule has 3 rings (SSSR count). The fourth-order valence-corrected chi connectivity index (χ4v) is 2.28. The number of nitrogens with one attached hydrogen (secondary N) is 2. The quantitative estimate of drug-likeness (QED) is 0.617. The van der Waals surface area contributed by atoms with Crippen molar-refractivity contribution < 1.29 is 19.4 Å². The lowest BCUT2D eigenvalue weighted by Gasteiger charge is -2.09. The molecule has 136 valence electrons. The lowest BCUT2D eigenvalue weighted by molar-refractivity contribution is 0.0690. The Morgan fingerprint density at radius 1 is 0.963 bits per heavy atom. The molecular weight excluding hydrogens is 346 g/mol. The summed E-state index contributed by atoms with van der Waals surface area (Å²) in [6.07, 6.45) is 1.38. The van der Waals surface area contributed by atoms with E-state index in [0.717, 1.165) is 11.3 Å². The standard InChI is InChI=1S/C20H17N3O4/c24-19(25)18-12-17(10-11-21-18)27-16-8-6-14(7-9-16)13-22-20(26)23-15-4-2-1-3-5-15/h1-12H,13H2,(H,24,25)(H2,22,23,26). The zero-order valence-corrected chi connectivity index (χ0v) is 14.3. The van der Waals surface area contributed by atoms with Crippen LogP contribution in [0.4, 0.5) is 10.5 Å². The molecule has 0 atom stereocenters. The number of anilines is 1. The van der Waals surface area contributed by atoms with Gasteiger partial charge in [-0.15, -0.1) is 0 Å². The highest BCUT2D eigenvalue weighted by Crippen LogP contribution is 2.22. The second kappa shape index (κ2) is 8.48. The number of nitrogens with zero attached hydrogens (tertiary/aromatic N) is 1. The largest absolute Gasteiger partial charge is 0.477 e. The number of carboxylic acids is 1. The number of carboxylic acid groups (broad SMARTS) is 1. The molecule has 2 amide bonds. The molecule has 0 saturated heterocycles. The number of urea groups is 1. The van der Waals surface area contributed by atoms with Crippen LogP contribution in [0.1, 0.15) is 16.1 Å². The van der Waals surface area contributed by atoms with Crippen LogP contribution in [-0.2, 0) is 6.54 Å². The number of para-hydroxylation sites is 1. The molecule has 0 aliphatic rings. The molecular formula is C20H17N3O4. The molecule has 0 saturated carbocycles. The highest BCUT2D eigenvalue weighted by Gasteiger charge is 2.07. The minimum atomic E-state index is -1.12. The average molecular weight is 363 g/mol. The first-order valence-corrected chi connectivity index (χ1v) is 8.16. The molecule has 3 aromatic rings. The molecule has 27 heavy (non-hydrogen) atoms. The predicted molar refractivity (Wildman–Crippen MR) is 100 cm³/mol. The van der Waals surface area contributed by atoms with Crippen molar-refractivity contribution in [1.29, 1.82) is 0 Å². The molecule has 0 spiro atoms. The third-order valence-electron chi connectivity index (χ3n) is 3.59. The van der Waals surface area contributed by atoms with Crippen molar-refractivity contribution in [1.82, 2.24) is 10.3 Å². The first kappa shape index (κ1) is 17.9. The van der Waals surface area contributed by atoms with Crippen LogP contribution in [0.2, 0.25) is 0 Å². The molecule has 7 heteroatoms. The fraction of sp³-hybridized carbons (Fsp3) is 0.0500. The van der Waals surface area contributed by atoms with Gasteiger partial charge in [-0.1, -0.05) is 30.3 Å². The summed E-state index contributed by atoms with van der Waals surface area (Å²) >= 11 is 0. The molecule has 1 aromatic heterocycles. The van der Waals surface area contributed by atoms with Gasteiger partial charge in [0.25, 0.3) is 0 Å². The van der Waals surface area contributed by atoms with Crippen LogP contribution in [0.15, 0.2) is 72.9 Å². The van der Waals surface area contributed by atoms with Crippen LogP contribution in [0.5, 0.6) is 11.5 Å². The van der Waals surface area contributed by atoms with Crippen molar-refractivity contribution in [3.63, 3.8) is 0 Å². The topological polar surface area (TPSA) is 101 Å². The Hall–Kier alpha value is -3.87. The summed E-state index contributed by atoms with van der Waals surface area (Å²) in [7, 11) is 0. The third-order valence-corrected chi connectivity index (χ3v) is 3.59. The number of aromatic nitrogens is 1. The van der Waals surface area contributed by atoms with Crippen molar-refractivity contribution in [2.45, 2.75) is 6.54 Å². The zero-order chi connectivity index (χ0) is 19.1. The molecule has 0 radical (unpaired) electrons. The lowest BCUT2D eigenvalue weighted by Crippen LogP contribution is -2.28. The Morgan fingerprint density at radius 2 is 1.70 bits per heavy atom. The molecule has 3 N–H and O–H groups in total. The minimum absolute atomic E-state index is 0.0854. The summed E-state index contributed by atoms with van der Waals surface area (Å²) < 4.78 is 5.63. The van der Waals surface area contributed by atoms with E-state index in [-0.39, 0.29) is 11.7 Å². The molecule has 0 fully saturated rings. The van der Waals surface area contributed by atoms with Gasteiger partial charge in [0.15, 0.2) is 5.69 Å². The van der Waals surface area contributed by atoms with Crippen LogP contribution >= 0.6 is 0 Å². The van der Waals surface area contributed by atoms with E-state index >= 15 is 0 Å². The van der Waals surface area contributed by atoms with Crippen molar-refractivity contribution in [3.8, 4) is 11.5 Å². The van der Waals surface area contributed by atoms with E-state index in [9.17, 15) is 9.59 Å². The Balaban J connectivity index is 1.53. The highest BCUT2D eigenvalue weighted by molar-refractivity contribution is 5.89. The van der Waals surface area contributed by atoms with Crippen LogP contribution in [0.3, 0.4) is 0 Å². The molecule has 0 aliphatic heterocycles. The van der Waals surface area contributed by atoms with Crippen LogP contribution in [0.25, 0.3) is 0 Å². The normalized spacial score (nSPS) is 10.1. The highest BCUT2D eigenvalue weighted by atomic mass is 16.5. The molecule has 0 aliphatic carbocycles. The van der Waals surface area contributed by atoms with Gasteiger partial charge >= 0.3 is 12.0 Å². The first-order chi connectivity index (χ1) is 13.1. The number of rotatable bonds is 6. The van der Waals surface area contributed by atoms with Crippen molar-refractivity contribution >= 4 is 17.7 Å². The number of ether oxygens (including phenoxy) is 1. The Morgan fingerprint density at radius 3 is 2.41 bits per heavy atom. The molecule has 1 heterocycles. The van der Waals surface area contributed by atoms with Gasteiger partial charge in [-0.05, 0) is 35.9 Å². The number of carbonyl (C=O) groups is 2. The molecule has 2 aromatic carbocycles. The maximum atomic E-state index is 11.9. The Kier molecular flexibility index (Phi) is 5.64. The van der Waals surface area contributed by atoms with E-state index in [0.29, 0.717) is 18.0 Å². The van der Waals surface area contributed by atoms with Crippen molar-refractivity contribution in [2.24, 2.45) is 0 Å². The molecule has 7 nitrogen and oxygen atoms in total. The summed E-state index contributed by atoms with van der Waals surface area (Å²) in [5.41, 5.74) is 1.53. The van der Waals surface area contributed by atoms with E-state index in [1.165, 1.54) is 12.3 Å². The monoisotopic (exact) mass is 363 g/mol. The second-order valence-electron chi connectivity index (χ2n) is 5.60. The number of carbonyl (C=O) groups excluding carboxylic acids is 1. The number of amides is 2. The van der Waals surface area contributed by atoms with E-state index in [1.54, 1.807) is 30.3 Å². The van der Waals surface area contributed by atoms with E-state index < -0.39 is 5.97 Å². The number of hydrogen-bond donors (Lipinski definition) is 3. The van der Waals surface area contributed by atoms with Gasteiger partial charge in [0.05, 0.1) is 0 Å². The number of benzene rings is 2. The Bertz CT molecular complexity index is 927. The second-order valence-corrected chi connectivity index (χ2v) is 5.60. The number of pyridine rings is 1. The lowest BCUT2D eigenvalue weighted by atomic mass is 10.2. The van der Waals surface area contributed by atoms with Crippen LogP contribution in [0, 0.1) is 0 Å². The summed E-state index contributed by atoms with van der Waals surface area (Å²) in [6, 6.07) is 18.9. The minimum Gasteiger partial charge on any atom is -0.477 e. The van der Waals surface area contributed by atoms with Crippen molar-refractivity contribution in [3.05, 3.63) is 84.2 Å². The van der Waals surface area contributed by atoms with Crippen molar-refractivity contribution in [2.75, 3.05) is 5.32 Å². The van der Waals surface area contributed by atoms with E-state index in [2.05, 4.69) is 15.6 Å². The molecule has 0 unspecified atom stereocenters. The van der Waals surface area contributed by atoms with Gasteiger partial charge in [-0.25, -0.2) is 14.6 Å². The SMILES string of the molecule is O=C(NCc1ccc(Oc2ccnc(C(=O)O)c2)cc1)Nc1ccccc1. The summed E-state index contributed by atoms with van der Waals surface area (Å²) in [6.45, 7) is 0.358. The van der Waals surface area contributed by atoms with Gasteiger partial charge in [0.1, 0.15) is 11.5 Å². The summed E-state index contributed by atoms with van der Waals surface area (Å²) in [4.78, 5) is 26.6. The van der Waals surface area contributed by atoms with Gasteiger partial charge in [0.2, 0.25) is 0 Å². The summed E-state index contributed by atoms with van der Waals surface area (Å²) in [5.74, 6) is -0.179. The summed E-state index contributed by atoms with van der Waals surface area (Å²) in [5, 5.41) is 14.5. The smallest absolute Gasteiger partial charge is 0.354 e. The van der Waals surface area contributed by atoms with Crippen LogP contribution < -0.4 is 15.4 Å². The van der Waals surface area contributed by atoms with Gasteiger partial charge in [-0.2, -0.15) is 0 Å². The third kappa shape index (κ3) is 5.30. The number of aromatic carboxylic acids is 1.